The SMILES string of the molecule is C=C1C(C)=C[C-]=C(c2ccccc2Cl)N1CC(F)F.[Y]. The molecule has 0 amide bonds. The predicted molar refractivity (Wildman–Crippen MR) is 73.7 cm³/mol. The summed E-state index contributed by atoms with van der Waals surface area (Å²) in [5.41, 5.74) is 2.57. The van der Waals surface area contributed by atoms with E-state index >= 15 is 0 Å². The number of hydrogen-bond donors (Lipinski definition) is 0. The molecular formula is C15H13ClF2NY-. The second-order valence-electron chi connectivity index (χ2n) is 4.25. The van der Waals surface area contributed by atoms with Crippen LogP contribution in [-0.4, -0.2) is 17.9 Å². The number of rotatable bonds is 3. The molecule has 0 fully saturated rings. The third-order valence-corrected chi connectivity index (χ3v) is 3.26. The Hall–Kier alpha value is -0.506. The largest absolute Gasteiger partial charge is 0.370 e. The first-order valence-corrected chi connectivity index (χ1v) is 6.18. The number of alkyl halides is 2. The molecule has 2 rings (SSSR count). The van der Waals surface area contributed by atoms with Crippen molar-refractivity contribution in [1.82, 2.24) is 4.90 Å². The first-order chi connectivity index (χ1) is 9.00. The summed E-state index contributed by atoms with van der Waals surface area (Å²) in [6.45, 7) is 5.25. The number of allylic oxidation sites excluding steroid dienone is 3. The van der Waals surface area contributed by atoms with Crippen LogP contribution < -0.4 is 0 Å². The molecule has 1 aliphatic rings. The summed E-state index contributed by atoms with van der Waals surface area (Å²) < 4.78 is 25.5. The third-order valence-electron chi connectivity index (χ3n) is 2.93. The van der Waals surface area contributed by atoms with E-state index in [0.717, 1.165) is 5.57 Å². The molecule has 0 saturated carbocycles. The fourth-order valence-electron chi connectivity index (χ4n) is 1.90. The molecule has 1 radical (unpaired) electrons. The van der Waals surface area contributed by atoms with Crippen LogP contribution in [0, 0.1) is 6.08 Å². The van der Waals surface area contributed by atoms with Crippen LogP contribution in [0.25, 0.3) is 5.70 Å². The number of benzene rings is 1. The van der Waals surface area contributed by atoms with Gasteiger partial charge in [0, 0.05) is 32.7 Å². The summed E-state index contributed by atoms with van der Waals surface area (Å²) in [6, 6.07) is 7.11. The van der Waals surface area contributed by atoms with Crippen LogP contribution in [0.3, 0.4) is 0 Å². The minimum absolute atomic E-state index is 0. The Morgan fingerprint density at radius 3 is 2.60 bits per heavy atom. The molecule has 0 aromatic heterocycles. The minimum Gasteiger partial charge on any atom is -0.370 e. The zero-order valence-electron chi connectivity index (χ0n) is 11.0. The van der Waals surface area contributed by atoms with Crippen LogP contribution in [0.4, 0.5) is 8.78 Å². The topological polar surface area (TPSA) is 3.24 Å². The molecule has 103 valence electrons. The molecule has 1 aromatic carbocycles. The van der Waals surface area contributed by atoms with Crippen molar-refractivity contribution in [2.45, 2.75) is 13.3 Å². The van der Waals surface area contributed by atoms with E-state index in [1.54, 1.807) is 24.3 Å². The van der Waals surface area contributed by atoms with Crippen molar-refractivity contribution < 1.29 is 41.5 Å². The molecule has 0 N–H and O–H groups in total. The van der Waals surface area contributed by atoms with Crippen LogP contribution in [0.15, 0.2) is 48.2 Å². The maximum absolute atomic E-state index is 12.7. The Bertz CT molecular complexity index is 567. The molecule has 5 heteroatoms. The van der Waals surface area contributed by atoms with Gasteiger partial charge in [0.25, 0.3) is 6.43 Å². The molecule has 1 aromatic rings. The van der Waals surface area contributed by atoms with E-state index in [1.807, 2.05) is 13.0 Å². The molecule has 1 heterocycles. The summed E-state index contributed by atoms with van der Waals surface area (Å²) in [4.78, 5) is 1.46. The fraction of sp³-hybridized carbons (Fsp3) is 0.200. The van der Waals surface area contributed by atoms with Gasteiger partial charge in [0.15, 0.2) is 0 Å². The van der Waals surface area contributed by atoms with Gasteiger partial charge in [-0.3, -0.25) is 0 Å². The molecule has 1 aliphatic heterocycles. The molecule has 20 heavy (non-hydrogen) atoms. The molecular weight excluding hydrogens is 357 g/mol. The van der Waals surface area contributed by atoms with Gasteiger partial charge in [-0.15, -0.1) is 11.6 Å². The van der Waals surface area contributed by atoms with Crippen molar-refractivity contribution in [3.8, 4) is 0 Å². The van der Waals surface area contributed by atoms with Gasteiger partial charge in [0.2, 0.25) is 0 Å². The maximum Gasteiger partial charge on any atom is 0.256 e. The Labute approximate surface area is 147 Å². The zero-order valence-corrected chi connectivity index (χ0v) is 14.6. The molecule has 0 saturated heterocycles. The van der Waals surface area contributed by atoms with Crippen molar-refractivity contribution >= 4 is 17.3 Å². The number of nitrogens with zero attached hydrogens (tertiary/aromatic N) is 1. The summed E-state index contributed by atoms with van der Waals surface area (Å²) in [7, 11) is 0. The van der Waals surface area contributed by atoms with Gasteiger partial charge in [-0.05, 0) is 10.7 Å². The zero-order chi connectivity index (χ0) is 14.0. The van der Waals surface area contributed by atoms with E-state index in [9.17, 15) is 8.78 Å². The summed E-state index contributed by atoms with van der Waals surface area (Å²) in [6.07, 6.45) is 2.30. The summed E-state index contributed by atoms with van der Waals surface area (Å²) in [5.74, 6) is 0. The van der Waals surface area contributed by atoms with Crippen molar-refractivity contribution in [1.29, 1.82) is 0 Å². The van der Waals surface area contributed by atoms with Gasteiger partial charge >= 0.3 is 0 Å². The van der Waals surface area contributed by atoms with Gasteiger partial charge in [-0.2, -0.15) is 12.2 Å². The van der Waals surface area contributed by atoms with Crippen LogP contribution in [0.2, 0.25) is 5.02 Å². The first-order valence-electron chi connectivity index (χ1n) is 5.81. The smallest absolute Gasteiger partial charge is 0.256 e. The maximum atomic E-state index is 12.7. The standard InChI is InChI=1S/C15H13ClF2N.Y/c1-10-7-8-14(12-5-3-4-6-13(12)16)19(11(10)2)9-15(17)18;/h3-7,15H,2,9H2,1H3;/q-1;. The van der Waals surface area contributed by atoms with Crippen molar-refractivity contribution in [3.63, 3.8) is 0 Å². The van der Waals surface area contributed by atoms with Gasteiger partial charge in [-0.1, -0.05) is 54.6 Å². The summed E-state index contributed by atoms with van der Waals surface area (Å²) in [5, 5.41) is 0.505. The molecule has 0 aliphatic carbocycles. The van der Waals surface area contributed by atoms with Crippen LogP contribution in [-0.2, 0) is 32.7 Å². The molecule has 0 unspecified atom stereocenters. The number of hydrogen-bond acceptors (Lipinski definition) is 1. The predicted octanol–water partition coefficient (Wildman–Crippen LogP) is 4.52. The third kappa shape index (κ3) is 3.78. The van der Waals surface area contributed by atoms with Gasteiger partial charge in [0.1, 0.15) is 0 Å². The second-order valence-corrected chi connectivity index (χ2v) is 4.66. The van der Waals surface area contributed by atoms with E-state index in [1.165, 1.54) is 4.90 Å². The van der Waals surface area contributed by atoms with E-state index in [2.05, 4.69) is 12.7 Å². The van der Waals surface area contributed by atoms with E-state index in [-0.39, 0.29) is 32.7 Å². The van der Waals surface area contributed by atoms with Gasteiger partial charge < -0.3 is 4.90 Å². The van der Waals surface area contributed by atoms with E-state index in [4.69, 9.17) is 11.6 Å². The minimum atomic E-state index is -2.46. The van der Waals surface area contributed by atoms with Crippen LogP contribution in [0.1, 0.15) is 12.5 Å². The Kier molecular flexibility index (Phi) is 6.57. The van der Waals surface area contributed by atoms with Crippen LogP contribution >= 0.6 is 11.6 Å². The molecule has 0 spiro atoms. The van der Waals surface area contributed by atoms with Crippen molar-refractivity contribution in [3.05, 3.63) is 64.9 Å². The monoisotopic (exact) mass is 369 g/mol. The normalized spacial score (nSPS) is 14.8. The van der Waals surface area contributed by atoms with Crippen LogP contribution in [0.5, 0.6) is 0 Å². The Balaban J connectivity index is 0.00000200. The molecule has 0 atom stereocenters. The Morgan fingerprint density at radius 2 is 2.00 bits per heavy atom. The average molecular weight is 370 g/mol. The quantitative estimate of drug-likeness (QED) is 0.708. The average Bonchev–Trinajstić information content (AvgIpc) is 2.36. The van der Waals surface area contributed by atoms with Crippen molar-refractivity contribution in [2.24, 2.45) is 0 Å². The number of halogens is 3. The van der Waals surface area contributed by atoms with E-state index in [0.29, 0.717) is 22.0 Å². The molecule has 1 nitrogen and oxygen atoms in total. The second kappa shape index (κ2) is 7.49. The Morgan fingerprint density at radius 1 is 1.35 bits per heavy atom. The fourth-order valence-corrected chi connectivity index (χ4v) is 2.13. The van der Waals surface area contributed by atoms with Gasteiger partial charge in [0.05, 0.1) is 6.54 Å². The van der Waals surface area contributed by atoms with Crippen molar-refractivity contribution in [2.75, 3.05) is 6.54 Å². The molecule has 0 bridgehead atoms. The van der Waals surface area contributed by atoms with E-state index < -0.39 is 13.0 Å². The summed E-state index contributed by atoms with van der Waals surface area (Å²) >= 11 is 6.12. The van der Waals surface area contributed by atoms with Gasteiger partial charge in [-0.25, -0.2) is 8.78 Å². The first kappa shape index (κ1) is 17.5.